The Bertz CT molecular complexity index is 775. The van der Waals surface area contributed by atoms with Crippen LogP contribution in [-0.4, -0.2) is 47.8 Å². The first-order valence-corrected chi connectivity index (χ1v) is 9.94. The van der Waals surface area contributed by atoms with Crippen LogP contribution in [0.4, 0.5) is 0 Å². The summed E-state index contributed by atoms with van der Waals surface area (Å²) in [4.78, 5) is 28.7. The molecule has 0 atom stereocenters. The summed E-state index contributed by atoms with van der Waals surface area (Å²) in [5, 5.41) is 0. The predicted octanol–water partition coefficient (Wildman–Crippen LogP) is 3.63. The Morgan fingerprint density at radius 3 is 2.00 bits per heavy atom. The van der Waals surface area contributed by atoms with Crippen molar-refractivity contribution in [2.24, 2.45) is 5.92 Å². The predicted molar refractivity (Wildman–Crippen MR) is 106 cm³/mol. The highest BCUT2D eigenvalue weighted by Crippen LogP contribution is 2.24. The van der Waals surface area contributed by atoms with Gasteiger partial charge in [0, 0.05) is 6.54 Å². The molecule has 0 aliphatic carbocycles. The number of nitrogens with zero attached hydrogens (tertiary/aromatic N) is 2. The number of fused-ring (bicyclic) bond motifs is 1. The third kappa shape index (κ3) is 3.96. The molecule has 0 radical (unpaired) electrons. The van der Waals surface area contributed by atoms with E-state index in [1.165, 1.54) is 29.7 Å². The van der Waals surface area contributed by atoms with Crippen molar-refractivity contribution in [3.8, 4) is 0 Å². The van der Waals surface area contributed by atoms with Gasteiger partial charge in [-0.05, 0) is 68.9 Å². The summed E-state index contributed by atoms with van der Waals surface area (Å²) in [5.41, 5.74) is 2.52. The van der Waals surface area contributed by atoms with E-state index in [4.69, 9.17) is 0 Å². The van der Waals surface area contributed by atoms with E-state index in [1.807, 2.05) is 12.1 Å². The average molecular weight is 362 g/mol. The second kappa shape index (κ2) is 8.05. The van der Waals surface area contributed by atoms with Crippen LogP contribution >= 0.6 is 0 Å². The van der Waals surface area contributed by atoms with E-state index in [2.05, 4.69) is 35.2 Å². The first-order chi connectivity index (χ1) is 13.2. The number of piperidine rings is 1. The molecule has 0 bridgehead atoms. The lowest BCUT2D eigenvalue weighted by Gasteiger charge is -2.32. The van der Waals surface area contributed by atoms with E-state index >= 15 is 0 Å². The minimum Gasteiger partial charge on any atom is -0.303 e. The van der Waals surface area contributed by atoms with Gasteiger partial charge in [-0.25, -0.2) is 0 Å². The quantitative estimate of drug-likeness (QED) is 0.737. The smallest absolute Gasteiger partial charge is 0.261 e. The van der Waals surface area contributed by atoms with Crippen molar-refractivity contribution in [3.05, 3.63) is 71.3 Å². The molecule has 0 aromatic heterocycles. The molecule has 0 N–H and O–H groups in total. The molecule has 4 heteroatoms. The van der Waals surface area contributed by atoms with E-state index in [0.717, 1.165) is 32.0 Å². The molecule has 2 aromatic carbocycles. The lowest BCUT2D eigenvalue weighted by atomic mass is 9.90. The van der Waals surface area contributed by atoms with Crippen LogP contribution in [0.1, 0.15) is 45.5 Å². The van der Waals surface area contributed by atoms with Gasteiger partial charge < -0.3 is 4.90 Å². The number of hydrogen-bond acceptors (Lipinski definition) is 3. The number of imide groups is 1. The Morgan fingerprint density at radius 2 is 1.37 bits per heavy atom. The number of rotatable bonds is 6. The van der Waals surface area contributed by atoms with Crippen molar-refractivity contribution in [1.82, 2.24) is 9.80 Å². The summed E-state index contributed by atoms with van der Waals surface area (Å²) in [6, 6.07) is 17.8. The van der Waals surface area contributed by atoms with Crippen LogP contribution in [0.25, 0.3) is 0 Å². The highest BCUT2D eigenvalue weighted by atomic mass is 16.2. The normalized spacial score (nSPS) is 18.1. The van der Waals surface area contributed by atoms with E-state index in [9.17, 15) is 9.59 Å². The van der Waals surface area contributed by atoms with Crippen molar-refractivity contribution in [2.45, 2.75) is 25.7 Å². The third-order valence-electron chi connectivity index (χ3n) is 5.81. The van der Waals surface area contributed by atoms with Crippen molar-refractivity contribution < 1.29 is 9.59 Å². The van der Waals surface area contributed by atoms with Gasteiger partial charge in [-0.3, -0.25) is 14.5 Å². The standard InChI is InChI=1S/C23H26N2O2/c26-22-20-9-4-5-10-21(20)23(27)25(22)14-6-13-24-15-11-19(12-16-24)17-18-7-2-1-3-8-18/h1-5,7-10,19H,6,11-17H2. The lowest BCUT2D eigenvalue weighted by molar-refractivity contribution is 0.0644. The number of likely N-dealkylation sites (tertiary alicyclic amines) is 1. The van der Waals surface area contributed by atoms with Gasteiger partial charge in [0.15, 0.2) is 0 Å². The highest BCUT2D eigenvalue weighted by Gasteiger charge is 2.34. The molecule has 27 heavy (non-hydrogen) atoms. The average Bonchev–Trinajstić information content (AvgIpc) is 2.95. The second-order valence-corrected chi connectivity index (χ2v) is 7.64. The molecule has 1 saturated heterocycles. The first kappa shape index (κ1) is 17.9. The lowest BCUT2D eigenvalue weighted by Crippen LogP contribution is -2.37. The SMILES string of the molecule is O=C1c2ccccc2C(=O)N1CCCN1CCC(Cc2ccccc2)CC1. The molecule has 4 nitrogen and oxygen atoms in total. The van der Waals surface area contributed by atoms with Gasteiger partial charge in [-0.1, -0.05) is 42.5 Å². The summed E-state index contributed by atoms with van der Waals surface area (Å²) in [6.45, 7) is 3.68. The zero-order chi connectivity index (χ0) is 18.6. The largest absolute Gasteiger partial charge is 0.303 e. The topological polar surface area (TPSA) is 40.6 Å². The molecule has 0 spiro atoms. The highest BCUT2D eigenvalue weighted by molar-refractivity contribution is 6.21. The van der Waals surface area contributed by atoms with Gasteiger partial charge in [-0.2, -0.15) is 0 Å². The van der Waals surface area contributed by atoms with Crippen LogP contribution in [-0.2, 0) is 6.42 Å². The van der Waals surface area contributed by atoms with Gasteiger partial charge in [0.1, 0.15) is 0 Å². The van der Waals surface area contributed by atoms with E-state index in [1.54, 1.807) is 12.1 Å². The van der Waals surface area contributed by atoms with Crippen LogP contribution in [0.5, 0.6) is 0 Å². The van der Waals surface area contributed by atoms with Crippen LogP contribution < -0.4 is 0 Å². The molecular weight excluding hydrogens is 336 g/mol. The second-order valence-electron chi connectivity index (χ2n) is 7.64. The van der Waals surface area contributed by atoms with E-state index < -0.39 is 0 Å². The molecule has 2 heterocycles. The van der Waals surface area contributed by atoms with Crippen LogP contribution in [0.3, 0.4) is 0 Å². The fourth-order valence-corrected chi connectivity index (χ4v) is 4.26. The molecule has 2 amide bonds. The summed E-state index contributed by atoms with van der Waals surface area (Å²) in [6.07, 6.45) is 4.46. The molecular formula is C23H26N2O2. The molecule has 140 valence electrons. The molecule has 0 saturated carbocycles. The Balaban J connectivity index is 1.21. The first-order valence-electron chi connectivity index (χ1n) is 9.94. The zero-order valence-electron chi connectivity index (χ0n) is 15.6. The van der Waals surface area contributed by atoms with Gasteiger partial charge in [0.25, 0.3) is 11.8 Å². The van der Waals surface area contributed by atoms with Gasteiger partial charge >= 0.3 is 0 Å². The van der Waals surface area contributed by atoms with Crippen molar-refractivity contribution in [2.75, 3.05) is 26.2 Å². The summed E-state index contributed by atoms with van der Waals surface area (Å²) >= 11 is 0. The number of carbonyl (C=O) groups excluding carboxylic acids is 2. The molecule has 2 aliphatic heterocycles. The van der Waals surface area contributed by atoms with E-state index in [-0.39, 0.29) is 11.8 Å². The fourth-order valence-electron chi connectivity index (χ4n) is 4.26. The summed E-state index contributed by atoms with van der Waals surface area (Å²) < 4.78 is 0. The number of carbonyl (C=O) groups is 2. The van der Waals surface area contributed by atoms with Crippen molar-refractivity contribution >= 4 is 11.8 Å². The van der Waals surface area contributed by atoms with Gasteiger partial charge in [0.2, 0.25) is 0 Å². The molecule has 1 fully saturated rings. The Kier molecular flexibility index (Phi) is 5.35. The van der Waals surface area contributed by atoms with Crippen LogP contribution in [0, 0.1) is 5.92 Å². The van der Waals surface area contributed by atoms with Crippen LogP contribution in [0.15, 0.2) is 54.6 Å². The summed E-state index contributed by atoms with van der Waals surface area (Å²) in [5.74, 6) is 0.481. The van der Waals surface area contributed by atoms with Gasteiger partial charge in [-0.15, -0.1) is 0 Å². The Labute approximate surface area is 160 Å². The molecule has 0 unspecified atom stereocenters. The fraction of sp³-hybridized carbons (Fsp3) is 0.391. The molecule has 2 aromatic rings. The number of amides is 2. The van der Waals surface area contributed by atoms with Crippen LogP contribution in [0.2, 0.25) is 0 Å². The summed E-state index contributed by atoms with van der Waals surface area (Å²) in [7, 11) is 0. The maximum absolute atomic E-state index is 12.4. The Morgan fingerprint density at radius 1 is 0.778 bits per heavy atom. The molecule has 2 aliphatic rings. The number of hydrogen-bond donors (Lipinski definition) is 0. The maximum Gasteiger partial charge on any atom is 0.261 e. The number of benzene rings is 2. The van der Waals surface area contributed by atoms with Crippen molar-refractivity contribution in [1.29, 1.82) is 0 Å². The Hall–Kier alpha value is -2.46. The van der Waals surface area contributed by atoms with E-state index in [0.29, 0.717) is 17.7 Å². The minimum atomic E-state index is -0.142. The maximum atomic E-state index is 12.4. The monoisotopic (exact) mass is 362 g/mol. The zero-order valence-corrected chi connectivity index (χ0v) is 15.6. The van der Waals surface area contributed by atoms with Crippen molar-refractivity contribution in [3.63, 3.8) is 0 Å². The third-order valence-corrected chi connectivity index (χ3v) is 5.81. The molecule has 4 rings (SSSR count). The minimum absolute atomic E-state index is 0.142. The van der Waals surface area contributed by atoms with Gasteiger partial charge in [0.05, 0.1) is 11.1 Å².